The van der Waals surface area contributed by atoms with Crippen LogP contribution in [-0.4, -0.2) is 43.1 Å². The van der Waals surface area contributed by atoms with Gasteiger partial charge in [-0.3, -0.25) is 4.79 Å². The predicted octanol–water partition coefficient (Wildman–Crippen LogP) is -0.254. The highest BCUT2D eigenvalue weighted by atomic mass is 32.2. The lowest BCUT2D eigenvalue weighted by molar-refractivity contribution is -0.147. The Balaban J connectivity index is 4.16. The molecule has 0 fully saturated rings. The van der Waals surface area contributed by atoms with E-state index in [9.17, 15) is 9.59 Å². The summed E-state index contributed by atoms with van der Waals surface area (Å²) < 4.78 is 4.84. The summed E-state index contributed by atoms with van der Waals surface area (Å²) in [5, 5.41) is 2.53. The third kappa shape index (κ3) is 6.35. The molecule has 5 nitrogen and oxygen atoms in total. The van der Waals surface area contributed by atoms with Gasteiger partial charge in [-0.05, 0) is 25.4 Å². The molecule has 6 heteroatoms. The molecule has 0 saturated heterocycles. The van der Waals surface area contributed by atoms with E-state index in [-0.39, 0.29) is 12.5 Å². The summed E-state index contributed by atoms with van der Waals surface area (Å²) in [5.41, 5.74) is 5.15. The van der Waals surface area contributed by atoms with Crippen molar-refractivity contribution >= 4 is 23.6 Å². The molecule has 0 radical (unpaired) electrons. The zero-order valence-corrected chi connectivity index (χ0v) is 9.93. The van der Waals surface area contributed by atoms with Crippen LogP contribution in [0.3, 0.4) is 0 Å². The largest absolute Gasteiger partial charge is 0.464 e. The summed E-state index contributed by atoms with van der Waals surface area (Å²) in [5.74, 6) is 0.0523. The van der Waals surface area contributed by atoms with E-state index in [0.717, 1.165) is 5.75 Å². The van der Waals surface area contributed by atoms with Gasteiger partial charge in [0.25, 0.3) is 0 Å². The molecule has 3 N–H and O–H groups in total. The Morgan fingerprint density at radius 1 is 1.53 bits per heavy atom. The van der Waals surface area contributed by atoms with Crippen LogP contribution in [0.1, 0.15) is 13.3 Å². The minimum atomic E-state index is -0.576. The van der Waals surface area contributed by atoms with Gasteiger partial charge in [0.15, 0.2) is 0 Å². The zero-order chi connectivity index (χ0) is 11.7. The molecular formula is C9H18N2O3S. The maximum absolute atomic E-state index is 11.4. The second-order valence-electron chi connectivity index (χ2n) is 2.86. The van der Waals surface area contributed by atoms with Crippen LogP contribution in [0, 0.1) is 0 Å². The van der Waals surface area contributed by atoms with Gasteiger partial charge in [-0.1, -0.05) is 0 Å². The van der Waals surface area contributed by atoms with E-state index in [0.29, 0.717) is 13.0 Å². The van der Waals surface area contributed by atoms with Crippen LogP contribution in [0.4, 0.5) is 0 Å². The molecule has 15 heavy (non-hydrogen) atoms. The van der Waals surface area contributed by atoms with Gasteiger partial charge in [-0.2, -0.15) is 11.8 Å². The molecule has 0 heterocycles. The Morgan fingerprint density at radius 3 is 2.67 bits per heavy atom. The molecular weight excluding hydrogens is 216 g/mol. The summed E-state index contributed by atoms with van der Waals surface area (Å²) in [6.07, 6.45) is 2.50. The number of hydrogen-bond donors (Lipinski definition) is 2. The van der Waals surface area contributed by atoms with Crippen LogP contribution in [-0.2, 0) is 14.3 Å². The Kier molecular flexibility index (Phi) is 8.12. The molecule has 0 aromatic carbocycles. The molecule has 1 atom stereocenters. The molecule has 88 valence electrons. The fourth-order valence-electron chi connectivity index (χ4n) is 0.981. The normalized spacial score (nSPS) is 11.9. The first-order valence-electron chi connectivity index (χ1n) is 4.80. The monoisotopic (exact) mass is 234 g/mol. The van der Waals surface area contributed by atoms with E-state index < -0.39 is 12.0 Å². The van der Waals surface area contributed by atoms with E-state index in [1.54, 1.807) is 18.7 Å². The maximum Gasteiger partial charge on any atom is 0.328 e. The van der Waals surface area contributed by atoms with Crippen molar-refractivity contribution in [1.29, 1.82) is 0 Å². The first-order chi connectivity index (χ1) is 7.15. The van der Waals surface area contributed by atoms with Crippen molar-refractivity contribution in [2.75, 3.05) is 25.2 Å². The first-order valence-corrected chi connectivity index (χ1v) is 6.20. The fourth-order valence-corrected chi connectivity index (χ4v) is 1.45. The minimum absolute atomic E-state index is 0.116. The number of nitrogens with two attached hydrogens (primary N) is 1. The third-order valence-electron chi connectivity index (χ3n) is 1.70. The van der Waals surface area contributed by atoms with E-state index in [4.69, 9.17) is 10.5 Å². The van der Waals surface area contributed by atoms with Crippen LogP contribution in [0.5, 0.6) is 0 Å². The maximum atomic E-state index is 11.4. The summed E-state index contributed by atoms with van der Waals surface area (Å²) >= 11 is 1.61. The topological polar surface area (TPSA) is 81.4 Å². The van der Waals surface area contributed by atoms with Crippen LogP contribution >= 0.6 is 11.8 Å². The van der Waals surface area contributed by atoms with Gasteiger partial charge in [-0.15, -0.1) is 0 Å². The molecule has 0 aliphatic carbocycles. The van der Waals surface area contributed by atoms with Gasteiger partial charge in [0.05, 0.1) is 13.2 Å². The minimum Gasteiger partial charge on any atom is -0.464 e. The Bertz CT molecular complexity index is 212. The molecule has 0 saturated carbocycles. The molecule has 1 amide bonds. The highest BCUT2D eigenvalue weighted by Crippen LogP contribution is 2.02. The van der Waals surface area contributed by atoms with E-state index >= 15 is 0 Å². The van der Waals surface area contributed by atoms with Crippen molar-refractivity contribution in [3.05, 3.63) is 0 Å². The fraction of sp³-hybridized carbons (Fsp3) is 0.778. The number of ether oxygens (including phenoxy) is 1. The zero-order valence-electron chi connectivity index (χ0n) is 9.12. The number of hydrogen-bond acceptors (Lipinski definition) is 5. The smallest absolute Gasteiger partial charge is 0.328 e. The van der Waals surface area contributed by atoms with Gasteiger partial charge in [0, 0.05) is 0 Å². The lowest BCUT2D eigenvalue weighted by Crippen LogP contribution is -2.44. The van der Waals surface area contributed by atoms with Crippen molar-refractivity contribution in [3.63, 3.8) is 0 Å². The van der Waals surface area contributed by atoms with Gasteiger partial charge in [0.2, 0.25) is 5.91 Å². The van der Waals surface area contributed by atoms with Gasteiger partial charge in [-0.25, -0.2) is 4.79 Å². The SMILES string of the molecule is CCOC(=O)[C@@H](CCSC)NC(=O)CN. The molecule has 0 bridgehead atoms. The number of rotatable bonds is 7. The van der Waals surface area contributed by atoms with Crippen molar-refractivity contribution in [3.8, 4) is 0 Å². The number of amides is 1. The molecule has 0 aliphatic rings. The second-order valence-corrected chi connectivity index (χ2v) is 3.84. The summed E-state index contributed by atoms with van der Waals surface area (Å²) in [4.78, 5) is 22.5. The molecule has 0 aliphatic heterocycles. The Labute approximate surface area is 94.1 Å². The number of carbonyl (C=O) groups excluding carboxylic acids is 2. The van der Waals surface area contributed by atoms with Crippen LogP contribution < -0.4 is 11.1 Å². The Morgan fingerprint density at radius 2 is 2.20 bits per heavy atom. The van der Waals surface area contributed by atoms with Crippen molar-refractivity contribution < 1.29 is 14.3 Å². The van der Waals surface area contributed by atoms with Crippen LogP contribution in [0.2, 0.25) is 0 Å². The number of nitrogens with one attached hydrogen (secondary N) is 1. The van der Waals surface area contributed by atoms with Crippen LogP contribution in [0.25, 0.3) is 0 Å². The van der Waals surface area contributed by atoms with Gasteiger partial charge < -0.3 is 15.8 Å². The highest BCUT2D eigenvalue weighted by Gasteiger charge is 2.20. The first kappa shape index (κ1) is 14.2. The number of thioether (sulfide) groups is 1. The van der Waals surface area contributed by atoms with Gasteiger partial charge >= 0.3 is 5.97 Å². The number of carbonyl (C=O) groups is 2. The summed E-state index contributed by atoms with van der Waals surface area (Å²) in [6.45, 7) is 1.93. The third-order valence-corrected chi connectivity index (χ3v) is 2.35. The van der Waals surface area contributed by atoms with Crippen LogP contribution in [0.15, 0.2) is 0 Å². The van der Waals surface area contributed by atoms with Crippen molar-refractivity contribution in [2.24, 2.45) is 5.73 Å². The lowest BCUT2D eigenvalue weighted by Gasteiger charge is -2.16. The van der Waals surface area contributed by atoms with Gasteiger partial charge in [0.1, 0.15) is 6.04 Å². The Hall–Kier alpha value is -0.750. The average Bonchev–Trinajstić information content (AvgIpc) is 2.24. The number of esters is 1. The highest BCUT2D eigenvalue weighted by molar-refractivity contribution is 7.98. The predicted molar refractivity (Wildman–Crippen MR) is 60.6 cm³/mol. The van der Waals surface area contributed by atoms with Crippen molar-refractivity contribution in [1.82, 2.24) is 5.32 Å². The summed E-state index contributed by atoms with van der Waals surface area (Å²) in [6, 6.07) is -0.576. The van der Waals surface area contributed by atoms with E-state index in [2.05, 4.69) is 5.32 Å². The summed E-state index contributed by atoms with van der Waals surface area (Å²) in [7, 11) is 0. The van der Waals surface area contributed by atoms with Crippen molar-refractivity contribution in [2.45, 2.75) is 19.4 Å². The average molecular weight is 234 g/mol. The van der Waals surface area contributed by atoms with E-state index in [1.807, 2.05) is 6.26 Å². The standard InChI is InChI=1S/C9H18N2O3S/c1-3-14-9(13)7(4-5-15-2)11-8(12)6-10/h7H,3-6,10H2,1-2H3,(H,11,12)/t7-/m1/s1. The molecule has 0 spiro atoms. The molecule has 0 aromatic rings. The molecule has 0 rings (SSSR count). The quantitative estimate of drug-likeness (QED) is 0.593. The molecule has 0 unspecified atom stereocenters. The van der Waals surface area contributed by atoms with E-state index in [1.165, 1.54) is 0 Å². The second kappa shape index (κ2) is 8.55. The molecule has 0 aromatic heterocycles. The lowest BCUT2D eigenvalue weighted by atomic mass is 10.2.